The molecule has 1 aromatic rings. The Balaban J connectivity index is 2.41. The largest absolute Gasteiger partial charge is 0.493 e. The van der Waals surface area contributed by atoms with Crippen molar-refractivity contribution in [2.45, 2.75) is 13.3 Å². The number of ether oxygens (including phenoxy) is 3. The number of carbonyl (C=O) groups is 2. The summed E-state index contributed by atoms with van der Waals surface area (Å²) in [6, 6.07) is 3.52. The van der Waals surface area contributed by atoms with Gasteiger partial charge in [0.15, 0.2) is 17.3 Å². The highest BCUT2D eigenvalue weighted by molar-refractivity contribution is 6.14. The van der Waals surface area contributed by atoms with Crippen molar-refractivity contribution in [2.24, 2.45) is 5.92 Å². The molecule has 0 heterocycles. The van der Waals surface area contributed by atoms with Crippen LogP contribution in [0, 0.1) is 5.92 Å². The minimum Gasteiger partial charge on any atom is -0.493 e. The molecule has 1 aliphatic carbocycles. The van der Waals surface area contributed by atoms with Gasteiger partial charge in [-0.05, 0) is 25.0 Å². The molecule has 1 atom stereocenters. The summed E-state index contributed by atoms with van der Waals surface area (Å²) < 4.78 is 15.3. The summed E-state index contributed by atoms with van der Waals surface area (Å²) in [7, 11) is 2.98. The second kappa shape index (κ2) is 5.30. The van der Waals surface area contributed by atoms with Crippen LogP contribution < -0.4 is 9.47 Å². The summed E-state index contributed by atoms with van der Waals surface area (Å²) in [5, 5.41) is 0. The van der Waals surface area contributed by atoms with Crippen LogP contribution in [0.2, 0.25) is 0 Å². The molecule has 0 N–H and O–H groups in total. The number of carbonyl (C=O) groups excluding carboxylic acids is 2. The van der Waals surface area contributed by atoms with Crippen molar-refractivity contribution in [3.8, 4) is 11.5 Å². The number of methoxy groups -OCH3 is 2. The smallest absolute Gasteiger partial charge is 0.317 e. The maximum Gasteiger partial charge on any atom is 0.317 e. The van der Waals surface area contributed by atoms with E-state index in [2.05, 4.69) is 0 Å². The molecule has 1 aromatic carbocycles. The van der Waals surface area contributed by atoms with Crippen molar-refractivity contribution < 1.29 is 23.8 Å². The highest BCUT2D eigenvalue weighted by Gasteiger charge is 2.39. The Labute approximate surface area is 111 Å². The van der Waals surface area contributed by atoms with Gasteiger partial charge >= 0.3 is 5.97 Å². The van der Waals surface area contributed by atoms with Crippen LogP contribution >= 0.6 is 0 Å². The molecule has 5 heteroatoms. The number of hydrogen-bond donors (Lipinski definition) is 0. The topological polar surface area (TPSA) is 61.8 Å². The standard InChI is InChI=1S/C14H16O5/c1-4-19-14(16)9-7-8-5-6-10(17-2)13(18-3)11(8)12(9)15/h5-6,9H,4,7H2,1-3H3. The van der Waals surface area contributed by atoms with Crippen LogP contribution in [0.25, 0.3) is 0 Å². The van der Waals surface area contributed by atoms with E-state index in [9.17, 15) is 9.59 Å². The third-order valence-electron chi connectivity index (χ3n) is 3.19. The number of rotatable bonds is 4. The first-order chi connectivity index (χ1) is 9.13. The third kappa shape index (κ3) is 2.16. The van der Waals surface area contributed by atoms with Crippen molar-refractivity contribution >= 4 is 11.8 Å². The summed E-state index contributed by atoms with van der Waals surface area (Å²) in [6.45, 7) is 1.98. The van der Waals surface area contributed by atoms with E-state index in [0.29, 0.717) is 23.5 Å². The first-order valence-corrected chi connectivity index (χ1v) is 6.08. The predicted octanol–water partition coefficient (Wildman–Crippen LogP) is 1.62. The van der Waals surface area contributed by atoms with Gasteiger partial charge in [0.2, 0.25) is 0 Å². The molecule has 0 aromatic heterocycles. The number of esters is 1. The number of ketones is 1. The zero-order valence-electron chi connectivity index (χ0n) is 11.2. The summed E-state index contributed by atoms with van der Waals surface area (Å²) in [4.78, 5) is 24.1. The molecule has 1 aliphatic rings. The monoisotopic (exact) mass is 264 g/mol. The van der Waals surface area contributed by atoms with Crippen molar-refractivity contribution in [3.63, 3.8) is 0 Å². The first kappa shape index (κ1) is 13.4. The summed E-state index contributed by atoms with van der Waals surface area (Å²) in [6.07, 6.45) is 0.355. The molecule has 0 bridgehead atoms. The number of hydrogen-bond acceptors (Lipinski definition) is 5. The lowest BCUT2D eigenvalue weighted by Gasteiger charge is -2.11. The molecule has 2 rings (SSSR count). The van der Waals surface area contributed by atoms with Gasteiger partial charge in [0.25, 0.3) is 0 Å². The van der Waals surface area contributed by atoms with Gasteiger partial charge in [-0.2, -0.15) is 0 Å². The fraction of sp³-hybridized carbons (Fsp3) is 0.429. The molecule has 0 fully saturated rings. The van der Waals surface area contributed by atoms with E-state index in [1.54, 1.807) is 19.1 Å². The van der Waals surface area contributed by atoms with Crippen LogP contribution in [0.3, 0.4) is 0 Å². The maximum absolute atomic E-state index is 12.3. The zero-order chi connectivity index (χ0) is 14.0. The predicted molar refractivity (Wildman–Crippen MR) is 67.7 cm³/mol. The van der Waals surface area contributed by atoms with E-state index in [1.807, 2.05) is 0 Å². The molecule has 0 saturated heterocycles. The summed E-state index contributed by atoms with van der Waals surface area (Å²) in [5.74, 6) is -0.638. The Morgan fingerprint density at radius 2 is 2.05 bits per heavy atom. The Kier molecular flexibility index (Phi) is 3.74. The van der Waals surface area contributed by atoms with Gasteiger partial charge in [0.05, 0.1) is 26.4 Å². The average Bonchev–Trinajstić information content (AvgIpc) is 2.75. The van der Waals surface area contributed by atoms with Crippen molar-refractivity contribution in [1.82, 2.24) is 0 Å². The fourth-order valence-corrected chi connectivity index (χ4v) is 2.33. The second-order valence-electron chi connectivity index (χ2n) is 4.21. The first-order valence-electron chi connectivity index (χ1n) is 6.08. The summed E-state index contributed by atoms with van der Waals surface area (Å²) in [5.41, 5.74) is 1.22. The minimum absolute atomic E-state index is 0.260. The van der Waals surface area contributed by atoms with Gasteiger partial charge in [-0.25, -0.2) is 0 Å². The van der Waals surface area contributed by atoms with Crippen LogP contribution in [0.1, 0.15) is 22.8 Å². The Hall–Kier alpha value is -2.04. The normalized spacial score (nSPS) is 17.0. The SMILES string of the molecule is CCOC(=O)C1Cc2ccc(OC)c(OC)c2C1=O. The molecular formula is C14H16O5. The lowest BCUT2D eigenvalue weighted by Crippen LogP contribution is -2.23. The fourth-order valence-electron chi connectivity index (χ4n) is 2.33. The molecular weight excluding hydrogens is 248 g/mol. The lowest BCUT2D eigenvalue weighted by molar-refractivity contribution is -0.145. The molecule has 0 amide bonds. The molecule has 1 unspecified atom stereocenters. The van der Waals surface area contributed by atoms with Crippen LogP contribution in [-0.4, -0.2) is 32.6 Å². The van der Waals surface area contributed by atoms with Crippen molar-refractivity contribution in [1.29, 1.82) is 0 Å². The second-order valence-corrected chi connectivity index (χ2v) is 4.21. The average molecular weight is 264 g/mol. The highest BCUT2D eigenvalue weighted by atomic mass is 16.5. The molecule has 5 nitrogen and oxygen atoms in total. The molecule has 0 saturated carbocycles. The van der Waals surface area contributed by atoms with E-state index in [4.69, 9.17) is 14.2 Å². The van der Waals surface area contributed by atoms with Crippen molar-refractivity contribution in [3.05, 3.63) is 23.3 Å². The van der Waals surface area contributed by atoms with E-state index >= 15 is 0 Å². The van der Waals surface area contributed by atoms with Crippen molar-refractivity contribution in [2.75, 3.05) is 20.8 Å². The number of Topliss-reactive ketones (excluding diaryl/α,β-unsaturated/α-hetero) is 1. The maximum atomic E-state index is 12.3. The van der Waals surface area contributed by atoms with Crippen LogP contribution in [0.15, 0.2) is 12.1 Å². The van der Waals surface area contributed by atoms with E-state index in [1.165, 1.54) is 14.2 Å². The van der Waals surface area contributed by atoms with E-state index in [-0.39, 0.29) is 12.4 Å². The summed E-state index contributed by atoms with van der Waals surface area (Å²) >= 11 is 0. The lowest BCUT2D eigenvalue weighted by atomic mass is 10.1. The number of benzene rings is 1. The quantitative estimate of drug-likeness (QED) is 0.611. The molecule has 0 spiro atoms. The van der Waals surface area contributed by atoms with Gasteiger partial charge in [-0.3, -0.25) is 9.59 Å². The van der Waals surface area contributed by atoms with Gasteiger partial charge in [0.1, 0.15) is 5.92 Å². The van der Waals surface area contributed by atoms with Crippen LogP contribution in [0.4, 0.5) is 0 Å². The minimum atomic E-state index is -0.768. The van der Waals surface area contributed by atoms with Gasteiger partial charge in [0, 0.05) is 0 Å². The highest BCUT2D eigenvalue weighted by Crippen LogP contribution is 2.40. The van der Waals surface area contributed by atoms with Gasteiger partial charge < -0.3 is 14.2 Å². The Morgan fingerprint density at radius 3 is 2.63 bits per heavy atom. The molecule has 0 aliphatic heterocycles. The van der Waals surface area contributed by atoms with E-state index < -0.39 is 11.9 Å². The Morgan fingerprint density at radius 1 is 1.32 bits per heavy atom. The van der Waals surface area contributed by atoms with Gasteiger partial charge in [-0.1, -0.05) is 6.07 Å². The molecule has 102 valence electrons. The zero-order valence-corrected chi connectivity index (χ0v) is 11.2. The molecule has 19 heavy (non-hydrogen) atoms. The Bertz CT molecular complexity index is 521. The van der Waals surface area contributed by atoms with E-state index in [0.717, 1.165) is 5.56 Å². The van der Waals surface area contributed by atoms with Crippen LogP contribution in [0.5, 0.6) is 11.5 Å². The number of fused-ring (bicyclic) bond motifs is 1. The van der Waals surface area contributed by atoms with Crippen LogP contribution in [-0.2, 0) is 16.0 Å². The molecule has 0 radical (unpaired) electrons. The van der Waals surface area contributed by atoms with Gasteiger partial charge in [-0.15, -0.1) is 0 Å². The third-order valence-corrected chi connectivity index (χ3v) is 3.19.